The van der Waals surface area contributed by atoms with Gasteiger partial charge in [-0.2, -0.15) is 8.42 Å². The fourth-order valence-corrected chi connectivity index (χ4v) is 2.49. The largest absolute Gasteiger partial charge is 0.478 e. The molecule has 0 saturated heterocycles. The van der Waals surface area contributed by atoms with E-state index in [1.807, 2.05) is 0 Å². The first-order valence-electron chi connectivity index (χ1n) is 5.22. The third-order valence-electron chi connectivity index (χ3n) is 2.69. The van der Waals surface area contributed by atoms with E-state index in [0.29, 0.717) is 5.39 Å². The molecule has 104 valence electrons. The molecule has 2 rings (SSSR count). The van der Waals surface area contributed by atoms with Crippen LogP contribution in [0.3, 0.4) is 0 Å². The first-order valence-corrected chi connectivity index (χ1v) is 6.66. The lowest BCUT2D eigenvalue weighted by atomic mass is 10.0. The molecule has 2 aromatic rings. The van der Waals surface area contributed by atoms with Crippen molar-refractivity contribution in [3.05, 3.63) is 41.5 Å². The van der Waals surface area contributed by atoms with Gasteiger partial charge in [0.05, 0.1) is 11.1 Å². The Morgan fingerprint density at radius 2 is 1.55 bits per heavy atom. The van der Waals surface area contributed by atoms with Crippen LogP contribution in [0.5, 0.6) is 0 Å². The van der Waals surface area contributed by atoms with Gasteiger partial charge in [-0.3, -0.25) is 4.55 Å². The van der Waals surface area contributed by atoms with Gasteiger partial charge in [-0.05, 0) is 35.0 Å². The van der Waals surface area contributed by atoms with Crippen molar-refractivity contribution in [2.24, 2.45) is 0 Å². The van der Waals surface area contributed by atoms with E-state index in [1.54, 1.807) is 0 Å². The highest BCUT2D eigenvalue weighted by molar-refractivity contribution is 7.86. The van der Waals surface area contributed by atoms with Crippen LogP contribution in [0, 0.1) is 0 Å². The minimum atomic E-state index is -4.69. The summed E-state index contributed by atoms with van der Waals surface area (Å²) >= 11 is 0. The average Bonchev–Trinajstić information content (AvgIpc) is 2.35. The van der Waals surface area contributed by atoms with Crippen LogP contribution in [0.25, 0.3) is 10.8 Å². The number of aromatic carboxylic acids is 2. The van der Waals surface area contributed by atoms with Gasteiger partial charge in [-0.15, -0.1) is 0 Å². The Morgan fingerprint density at radius 3 is 2.05 bits per heavy atom. The van der Waals surface area contributed by atoms with Gasteiger partial charge in [0, 0.05) is 0 Å². The van der Waals surface area contributed by atoms with Crippen molar-refractivity contribution in [2.45, 2.75) is 4.90 Å². The van der Waals surface area contributed by atoms with Crippen molar-refractivity contribution in [1.29, 1.82) is 0 Å². The van der Waals surface area contributed by atoms with Gasteiger partial charge in [0.25, 0.3) is 10.1 Å². The molecule has 20 heavy (non-hydrogen) atoms. The SMILES string of the molecule is O=C(O)c1ccc2cc(S(=O)(=O)O)c(C(=O)O)cc2c1. The molecule has 8 heteroatoms. The van der Waals surface area contributed by atoms with E-state index in [-0.39, 0.29) is 10.9 Å². The lowest BCUT2D eigenvalue weighted by Gasteiger charge is -2.06. The summed E-state index contributed by atoms with van der Waals surface area (Å²) in [4.78, 5) is 21.1. The number of carboxylic acid groups (broad SMARTS) is 2. The molecule has 2 aromatic carbocycles. The highest BCUT2D eigenvalue weighted by Crippen LogP contribution is 2.25. The zero-order chi connectivity index (χ0) is 15.1. The van der Waals surface area contributed by atoms with Crippen LogP contribution in [0.4, 0.5) is 0 Å². The van der Waals surface area contributed by atoms with Crippen LogP contribution in [0.15, 0.2) is 35.2 Å². The number of fused-ring (bicyclic) bond motifs is 1. The van der Waals surface area contributed by atoms with Gasteiger partial charge in [-0.25, -0.2) is 9.59 Å². The molecule has 0 atom stereocenters. The summed E-state index contributed by atoms with van der Waals surface area (Å²) in [6, 6.07) is 5.79. The van der Waals surface area contributed by atoms with E-state index in [9.17, 15) is 18.0 Å². The fraction of sp³-hybridized carbons (Fsp3) is 0. The molecule has 7 nitrogen and oxygen atoms in total. The third-order valence-corrected chi connectivity index (χ3v) is 3.59. The number of carbonyl (C=O) groups is 2. The summed E-state index contributed by atoms with van der Waals surface area (Å²) < 4.78 is 31.4. The summed E-state index contributed by atoms with van der Waals surface area (Å²) in [5.74, 6) is -2.73. The quantitative estimate of drug-likeness (QED) is 0.731. The van der Waals surface area contributed by atoms with E-state index in [0.717, 1.165) is 12.1 Å². The minimum Gasteiger partial charge on any atom is -0.478 e. The average molecular weight is 296 g/mol. The molecule has 0 spiro atoms. The number of benzene rings is 2. The normalized spacial score (nSPS) is 11.4. The molecule has 0 fully saturated rings. The van der Waals surface area contributed by atoms with Gasteiger partial charge in [0.2, 0.25) is 0 Å². The predicted octanol–water partition coefficient (Wildman–Crippen LogP) is 1.48. The summed E-state index contributed by atoms with van der Waals surface area (Å²) in [5, 5.41) is 18.4. The highest BCUT2D eigenvalue weighted by Gasteiger charge is 2.21. The molecule has 0 radical (unpaired) electrons. The molecule has 0 aliphatic rings. The Hall–Kier alpha value is -2.45. The van der Waals surface area contributed by atoms with E-state index in [1.165, 1.54) is 18.2 Å². The van der Waals surface area contributed by atoms with Crippen LogP contribution in [0.1, 0.15) is 20.7 Å². The van der Waals surface area contributed by atoms with Crippen molar-refractivity contribution in [2.75, 3.05) is 0 Å². The van der Waals surface area contributed by atoms with Crippen LogP contribution in [-0.4, -0.2) is 35.1 Å². The maximum atomic E-state index is 11.2. The van der Waals surface area contributed by atoms with Gasteiger partial charge >= 0.3 is 11.9 Å². The zero-order valence-electron chi connectivity index (χ0n) is 9.77. The topological polar surface area (TPSA) is 129 Å². The standard InChI is InChI=1S/C12H8O7S/c13-11(14)7-2-1-6-5-10(20(17,18)19)9(12(15)16)4-8(6)3-7/h1-5H,(H,13,14)(H,15,16)(H,17,18,19). The van der Waals surface area contributed by atoms with E-state index < -0.39 is 32.5 Å². The number of rotatable bonds is 3. The Kier molecular flexibility index (Phi) is 3.20. The molecule has 3 N–H and O–H groups in total. The lowest BCUT2D eigenvalue weighted by molar-refractivity contribution is 0.0684. The van der Waals surface area contributed by atoms with Gasteiger partial charge < -0.3 is 10.2 Å². The summed E-state index contributed by atoms with van der Waals surface area (Å²) in [5.41, 5.74) is -0.684. The maximum absolute atomic E-state index is 11.2. The van der Waals surface area contributed by atoms with Crippen LogP contribution in [0.2, 0.25) is 0 Å². The molecule has 0 bridgehead atoms. The van der Waals surface area contributed by atoms with E-state index in [4.69, 9.17) is 14.8 Å². The molecule has 0 aromatic heterocycles. The summed E-state index contributed by atoms with van der Waals surface area (Å²) in [7, 11) is -4.69. The number of carboxylic acids is 2. The monoisotopic (exact) mass is 296 g/mol. The zero-order valence-corrected chi connectivity index (χ0v) is 10.6. The Labute approximate surface area is 112 Å². The maximum Gasteiger partial charge on any atom is 0.337 e. The number of hydrogen-bond donors (Lipinski definition) is 3. The van der Waals surface area contributed by atoms with E-state index >= 15 is 0 Å². The molecule has 0 unspecified atom stereocenters. The predicted molar refractivity (Wildman–Crippen MR) is 67.7 cm³/mol. The highest BCUT2D eigenvalue weighted by atomic mass is 32.2. The third kappa shape index (κ3) is 2.46. The first kappa shape index (κ1) is 14.0. The van der Waals surface area contributed by atoms with Crippen molar-refractivity contribution < 1.29 is 32.8 Å². The minimum absolute atomic E-state index is 0.0616. The Morgan fingerprint density at radius 1 is 0.900 bits per heavy atom. The molecule has 0 aliphatic heterocycles. The van der Waals surface area contributed by atoms with Crippen LogP contribution < -0.4 is 0 Å². The van der Waals surface area contributed by atoms with Crippen LogP contribution >= 0.6 is 0 Å². The second-order valence-corrected chi connectivity index (χ2v) is 5.39. The molecular weight excluding hydrogens is 288 g/mol. The van der Waals surface area contributed by atoms with Crippen molar-refractivity contribution >= 4 is 32.8 Å². The smallest absolute Gasteiger partial charge is 0.337 e. The van der Waals surface area contributed by atoms with Crippen molar-refractivity contribution in [3.8, 4) is 0 Å². The van der Waals surface area contributed by atoms with Crippen LogP contribution in [-0.2, 0) is 10.1 Å². The second kappa shape index (κ2) is 4.58. The molecule has 0 amide bonds. The fourth-order valence-electron chi connectivity index (χ4n) is 1.79. The summed E-state index contributed by atoms with van der Waals surface area (Å²) in [6.07, 6.45) is 0. The molecule has 0 saturated carbocycles. The Bertz CT molecular complexity index is 836. The van der Waals surface area contributed by atoms with Crippen molar-refractivity contribution in [1.82, 2.24) is 0 Å². The molecule has 0 heterocycles. The molecular formula is C12H8O7S. The lowest BCUT2D eigenvalue weighted by Crippen LogP contribution is -2.08. The van der Waals surface area contributed by atoms with E-state index in [2.05, 4.69) is 0 Å². The Balaban J connectivity index is 2.85. The second-order valence-electron chi connectivity index (χ2n) is 4.00. The molecule has 0 aliphatic carbocycles. The number of hydrogen-bond acceptors (Lipinski definition) is 4. The van der Waals surface area contributed by atoms with Crippen molar-refractivity contribution in [3.63, 3.8) is 0 Å². The summed E-state index contributed by atoms with van der Waals surface area (Å²) in [6.45, 7) is 0. The first-order chi connectivity index (χ1) is 9.20. The van der Waals surface area contributed by atoms with Gasteiger partial charge in [-0.1, -0.05) is 6.07 Å². The van der Waals surface area contributed by atoms with Gasteiger partial charge in [0.1, 0.15) is 4.90 Å². The van der Waals surface area contributed by atoms with Gasteiger partial charge in [0.15, 0.2) is 0 Å².